The molecule has 1 saturated heterocycles. The molecule has 372 valence electrons. The van der Waals surface area contributed by atoms with Crippen molar-refractivity contribution in [2.24, 2.45) is 0 Å². The molecule has 3 aliphatic rings. The van der Waals surface area contributed by atoms with Gasteiger partial charge < -0.3 is 48.5 Å². The molecule has 0 unspecified atom stereocenters. The number of methoxy groups -OCH3 is 1. The number of hydrogen-bond acceptors (Lipinski definition) is 17. The Kier molecular flexibility index (Phi) is 14.0. The second-order valence-corrected chi connectivity index (χ2v) is 17.4. The Morgan fingerprint density at radius 1 is 0.575 bits per heavy atom. The topological polar surface area (TPSA) is 245 Å². The lowest BCUT2D eigenvalue weighted by Crippen LogP contribution is -2.63. The van der Waals surface area contributed by atoms with E-state index in [4.69, 9.17) is 33.2 Å². The lowest BCUT2D eigenvalue weighted by atomic mass is 9.66. The second kappa shape index (κ2) is 20.7. The molecule has 1 heterocycles. The zero-order chi connectivity index (χ0) is 51.6. The maximum absolute atomic E-state index is 14.3. The zero-order valence-corrected chi connectivity index (χ0v) is 39.1. The van der Waals surface area contributed by atoms with E-state index >= 15 is 0 Å². The van der Waals surface area contributed by atoms with Crippen LogP contribution in [0.1, 0.15) is 116 Å². The number of ether oxygens (including phenoxy) is 7. The molecule has 6 aromatic rings. The average Bonchev–Trinajstić information content (AvgIpc) is 3.42. The predicted molar refractivity (Wildman–Crippen MR) is 254 cm³/mol. The fourth-order valence-electron chi connectivity index (χ4n) is 9.50. The van der Waals surface area contributed by atoms with Crippen molar-refractivity contribution in [2.75, 3.05) is 13.7 Å². The largest absolute Gasteiger partial charge is 0.507 e. The molecule has 17 heteroatoms. The highest BCUT2D eigenvalue weighted by Gasteiger charge is 2.58. The Morgan fingerprint density at radius 3 is 1.44 bits per heavy atom. The molecule has 17 nitrogen and oxygen atoms in total. The van der Waals surface area contributed by atoms with Crippen molar-refractivity contribution in [3.8, 4) is 11.5 Å². The van der Waals surface area contributed by atoms with E-state index in [1.54, 1.807) is 72.8 Å². The van der Waals surface area contributed by atoms with Gasteiger partial charge in [0.15, 0.2) is 36.2 Å². The Morgan fingerprint density at radius 2 is 0.986 bits per heavy atom. The minimum absolute atomic E-state index is 0.00641. The molecule has 0 bridgehead atoms. The van der Waals surface area contributed by atoms with Crippen LogP contribution in [0.25, 0.3) is 0 Å². The van der Waals surface area contributed by atoms with Crippen LogP contribution >= 0.6 is 0 Å². The van der Waals surface area contributed by atoms with Crippen molar-refractivity contribution in [1.82, 2.24) is 0 Å². The highest BCUT2D eigenvalue weighted by Crippen LogP contribution is 2.57. The van der Waals surface area contributed by atoms with Crippen molar-refractivity contribution >= 4 is 41.4 Å². The first kappa shape index (κ1) is 49.5. The van der Waals surface area contributed by atoms with E-state index in [0.29, 0.717) is 0 Å². The van der Waals surface area contributed by atoms with Crippen LogP contribution in [0.4, 0.5) is 0 Å². The SMILES string of the molecule is CC[C@@]1(O)C[C@H](O[C@@H]2O[C@H](COC(=O)c3ccccc3)[C@@H](OC(=O)c3ccccc3)[C@H](OC(=O)c3ccccc3)[C@H]2OC(=O)c2ccccc2)c2c(O)c3c(c(O)c2[C@H]1C(=O)OC)C(=O)c1ccccc1C3=O. The predicted octanol–water partition coefficient (Wildman–Crippen LogP) is 6.99. The van der Waals surface area contributed by atoms with Crippen LogP contribution in [0, 0.1) is 0 Å². The van der Waals surface area contributed by atoms with Crippen molar-refractivity contribution in [3.63, 3.8) is 0 Å². The van der Waals surface area contributed by atoms with Gasteiger partial charge in [0.25, 0.3) is 0 Å². The summed E-state index contributed by atoms with van der Waals surface area (Å²) in [7, 11) is 1.03. The van der Waals surface area contributed by atoms with E-state index in [-0.39, 0.29) is 39.8 Å². The summed E-state index contributed by atoms with van der Waals surface area (Å²) >= 11 is 0. The molecule has 3 N–H and O–H groups in total. The minimum atomic E-state index is -2.22. The van der Waals surface area contributed by atoms with Gasteiger partial charge in [-0.1, -0.05) is 104 Å². The third kappa shape index (κ3) is 9.44. The van der Waals surface area contributed by atoms with Crippen LogP contribution in [0.15, 0.2) is 146 Å². The number of phenols is 2. The number of ketones is 2. The molecular weight excluding hydrogens is 945 g/mol. The lowest BCUT2D eigenvalue weighted by molar-refractivity contribution is -0.313. The molecule has 0 radical (unpaired) electrons. The van der Waals surface area contributed by atoms with Crippen molar-refractivity contribution in [2.45, 2.75) is 68.1 Å². The smallest absolute Gasteiger partial charge is 0.338 e. The molecule has 1 fully saturated rings. The van der Waals surface area contributed by atoms with E-state index in [1.165, 1.54) is 79.7 Å². The molecule has 0 saturated carbocycles. The molecule has 73 heavy (non-hydrogen) atoms. The fourth-order valence-corrected chi connectivity index (χ4v) is 9.50. The summed E-state index contributed by atoms with van der Waals surface area (Å²) in [6, 6.07) is 36.6. The van der Waals surface area contributed by atoms with Crippen LogP contribution in [0.5, 0.6) is 11.5 Å². The Labute approximate surface area is 416 Å². The maximum Gasteiger partial charge on any atom is 0.338 e. The summed E-state index contributed by atoms with van der Waals surface area (Å²) in [6.45, 7) is 0.779. The van der Waals surface area contributed by atoms with Gasteiger partial charge in [-0.3, -0.25) is 14.4 Å². The number of carbonyl (C=O) groups excluding carboxylic acids is 7. The third-order valence-corrected chi connectivity index (χ3v) is 13.2. The monoisotopic (exact) mass is 990 g/mol. The van der Waals surface area contributed by atoms with E-state index in [2.05, 4.69) is 0 Å². The lowest BCUT2D eigenvalue weighted by Gasteiger charge is -2.47. The fraction of sp³-hybridized carbons (Fsp3) is 0.232. The van der Waals surface area contributed by atoms with Crippen LogP contribution in [0.2, 0.25) is 0 Å². The highest BCUT2D eigenvalue weighted by molar-refractivity contribution is 6.30. The summed E-state index contributed by atoms with van der Waals surface area (Å²) in [5.74, 6) is -10.3. The van der Waals surface area contributed by atoms with Gasteiger partial charge in [0, 0.05) is 28.7 Å². The number of aromatic hydroxyl groups is 2. The summed E-state index contributed by atoms with van der Waals surface area (Å²) in [5, 5.41) is 37.3. The van der Waals surface area contributed by atoms with Crippen molar-refractivity contribution in [1.29, 1.82) is 0 Å². The second-order valence-electron chi connectivity index (χ2n) is 17.4. The molecule has 0 spiro atoms. The van der Waals surface area contributed by atoms with E-state index in [0.717, 1.165) is 7.11 Å². The molecule has 6 aromatic carbocycles. The van der Waals surface area contributed by atoms with Gasteiger partial charge in [-0.2, -0.15) is 0 Å². The van der Waals surface area contributed by atoms with Crippen molar-refractivity contribution < 1.29 is 82.0 Å². The summed E-state index contributed by atoms with van der Waals surface area (Å²) in [4.78, 5) is 98.6. The van der Waals surface area contributed by atoms with Gasteiger partial charge >= 0.3 is 29.8 Å². The first-order valence-corrected chi connectivity index (χ1v) is 23.2. The van der Waals surface area contributed by atoms with Gasteiger partial charge in [-0.15, -0.1) is 0 Å². The number of esters is 5. The van der Waals surface area contributed by atoms with Gasteiger partial charge in [0.1, 0.15) is 30.1 Å². The third-order valence-electron chi connectivity index (χ3n) is 13.2. The van der Waals surface area contributed by atoms with E-state index in [9.17, 15) is 48.9 Å². The number of benzene rings is 6. The number of phenolic OH excluding ortho intramolecular Hbond substituents is 2. The Bertz CT molecular complexity index is 3110. The summed E-state index contributed by atoms with van der Waals surface area (Å²) < 4.78 is 42.8. The maximum atomic E-state index is 14.3. The average molecular weight is 991 g/mol. The number of rotatable bonds is 13. The number of carbonyl (C=O) groups is 7. The molecule has 8 atom stereocenters. The highest BCUT2D eigenvalue weighted by atomic mass is 16.7. The van der Waals surface area contributed by atoms with Crippen LogP contribution in [0.3, 0.4) is 0 Å². The minimum Gasteiger partial charge on any atom is -0.507 e. The number of fused-ring (bicyclic) bond motifs is 3. The zero-order valence-electron chi connectivity index (χ0n) is 39.1. The molecular formula is C56H46O17. The van der Waals surface area contributed by atoms with Gasteiger partial charge in [-0.05, 0) is 55.0 Å². The first-order chi connectivity index (χ1) is 35.2. The summed E-state index contributed by atoms with van der Waals surface area (Å²) in [6.07, 6.45) is -12.0. The van der Waals surface area contributed by atoms with E-state index in [1.807, 2.05) is 0 Å². The number of hydrogen-bond donors (Lipinski definition) is 3. The normalized spacial score (nSPS) is 22.9. The molecule has 9 rings (SSSR count). The van der Waals surface area contributed by atoms with Crippen LogP contribution < -0.4 is 0 Å². The molecule has 0 amide bonds. The van der Waals surface area contributed by atoms with Gasteiger partial charge in [0.05, 0.1) is 52.2 Å². The Balaban J connectivity index is 1.23. The van der Waals surface area contributed by atoms with Gasteiger partial charge in [-0.25, -0.2) is 19.2 Å². The van der Waals surface area contributed by atoms with Crippen LogP contribution in [-0.4, -0.2) is 107 Å². The standard InChI is InChI=1S/C56H46O17/c1-3-56(66)28-36(38-39(42(56)54(65)67-2)46(60)41-40(45(38)59)43(57)34-26-16-17-27-35(34)44(41)58)69-55-49(73-53(64)33-24-14-7-15-25-33)48(72-52(63)32-22-12-6-13-23-32)47(71-51(62)31-20-10-5-11-21-31)37(70-55)29-68-50(61)30-18-8-4-9-19-30/h4-27,36-37,42,47-49,55,59-60,66H,3,28-29H2,1-2H3/t36-,37+,42-,47+,48-,49+,55+,56+/m0/s1. The Hall–Kier alpha value is -8.51. The summed E-state index contributed by atoms with van der Waals surface area (Å²) in [5.41, 5.74) is -4.51. The number of aliphatic hydroxyl groups is 1. The van der Waals surface area contributed by atoms with Crippen LogP contribution in [-0.2, 0) is 38.0 Å². The van der Waals surface area contributed by atoms with Gasteiger partial charge in [0.2, 0.25) is 0 Å². The van der Waals surface area contributed by atoms with Crippen molar-refractivity contribution in [3.05, 3.63) is 201 Å². The molecule has 2 aliphatic carbocycles. The first-order valence-electron chi connectivity index (χ1n) is 23.2. The quantitative estimate of drug-likeness (QED) is 0.0598. The molecule has 1 aliphatic heterocycles. The van der Waals surface area contributed by atoms with E-state index < -0.39 is 137 Å². The molecule has 0 aromatic heterocycles.